The van der Waals surface area contributed by atoms with Gasteiger partial charge in [-0.05, 0) is 61.5 Å². The van der Waals surface area contributed by atoms with E-state index in [-0.39, 0.29) is 40.8 Å². The Morgan fingerprint density at radius 2 is 2.00 bits per heavy atom. The highest BCUT2D eigenvalue weighted by Gasteiger charge is 2.62. The van der Waals surface area contributed by atoms with Crippen molar-refractivity contribution in [3.05, 3.63) is 23.8 Å². The van der Waals surface area contributed by atoms with Crippen molar-refractivity contribution in [3.63, 3.8) is 0 Å². The second-order valence-corrected chi connectivity index (χ2v) is 9.68. The minimum Gasteiger partial charge on any atom is -0.458 e. The van der Waals surface area contributed by atoms with Crippen LogP contribution in [0.15, 0.2) is 23.8 Å². The van der Waals surface area contributed by atoms with E-state index in [1.165, 1.54) is 6.92 Å². The molecule has 0 radical (unpaired) electrons. The van der Waals surface area contributed by atoms with Crippen LogP contribution in [0.5, 0.6) is 0 Å². The van der Waals surface area contributed by atoms with Crippen molar-refractivity contribution in [1.82, 2.24) is 0 Å². The molecule has 0 spiro atoms. The molecule has 0 aromatic carbocycles. The van der Waals surface area contributed by atoms with Crippen LogP contribution in [0.4, 0.5) is 0 Å². The number of ether oxygens (including phenoxy) is 1. The van der Waals surface area contributed by atoms with E-state index >= 15 is 0 Å². The minimum atomic E-state index is -0.514. The molecule has 4 aliphatic carbocycles. The first-order valence-electron chi connectivity index (χ1n) is 10.4. The average molecular weight is 386 g/mol. The third kappa shape index (κ3) is 2.81. The molecule has 3 fully saturated rings. The highest BCUT2D eigenvalue weighted by atomic mass is 16.5. The van der Waals surface area contributed by atoms with E-state index in [1.807, 2.05) is 6.08 Å². The van der Waals surface area contributed by atoms with Gasteiger partial charge in [-0.1, -0.05) is 25.5 Å². The van der Waals surface area contributed by atoms with Gasteiger partial charge in [0.1, 0.15) is 6.61 Å². The van der Waals surface area contributed by atoms with E-state index in [0.717, 1.165) is 31.3 Å². The first kappa shape index (κ1) is 19.6. The number of rotatable bonds is 3. The lowest BCUT2D eigenvalue weighted by Crippen LogP contribution is -2.56. The van der Waals surface area contributed by atoms with Crippen molar-refractivity contribution < 1.29 is 24.2 Å². The number of aliphatic hydroxyl groups is 1. The third-order valence-corrected chi connectivity index (χ3v) is 8.30. The van der Waals surface area contributed by atoms with Crippen LogP contribution in [0.25, 0.3) is 0 Å². The van der Waals surface area contributed by atoms with Gasteiger partial charge in [0.05, 0.1) is 6.10 Å². The van der Waals surface area contributed by atoms with Gasteiger partial charge in [0, 0.05) is 24.2 Å². The Morgan fingerprint density at radius 3 is 2.71 bits per heavy atom. The topological polar surface area (TPSA) is 80.7 Å². The van der Waals surface area contributed by atoms with Crippen molar-refractivity contribution in [3.8, 4) is 0 Å². The van der Waals surface area contributed by atoms with E-state index in [4.69, 9.17) is 4.74 Å². The molecule has 0 aromatic rings. The number of carbonyl (C=O) groups excluding carboxylic acids is 3. The Labute approximate surface area is 166 Å². The zero-order valence-electron chi connectivity index (χ0n) is 16.9. The highest BCUT2D eigenvalue weighted by Crippen LogP contribution is 2.66. The van der Waals surface area contributed by atoms with Crippen molar-refractivity contribution in [2.75, 3.05) is 6.61 Å². The maximum absolute atomic E-state index is 12.8. The quantitative estimate of drug-likeness (QED) is 0.754. The summed E-state index contributed by atoms with van der Waals surface area (Å²) in [5.41, 5.74) is 0.602. The number of hydrogen-bond donors (Lipinski definition) is 1. The van der Waals surface area contributed by atoms with E-state index < -0.39 is 12.1 Å². The molecule has 7 atom stereocenters. The van der Waals surface area contributed by atoms with Crippen molar-refractivity contribution >= 4 is 17.5 Å². The molecule has 3 saturated carbocycles. The molecule has 0 amide bonds. The van der Waals surface area contributed by atoms with Gasteiger partial charge in [0.15, 0.2) is 11.6 Å². The number of hydrogen-bond acceptors (Lipinski definition) is 5. The number of ketones is 2. The number of fused-ring (bicyclic) bond motifs is 5. The highest BCUT2D eigenvalue weighted by molar-refractivity contribution is 6.01. The first-order chi connectivity index (χ1) is 13.2. The maximum atomic E-state index is 12.8. The SMILES string of the molecule is CC(=O)OCC(=O)C1CCC2C3CCC4=CC(=O)C=CC4(C)[C@H]3[C@@H](O)CC12C. The van der Waals surface area contributed by atoms with Gasteiger partial charge >= 0.3 is 5.97 Å². The normalized spacial score (nSPS) is 44.2. The zero-order chi connectivity index (χ0) is 20.3. The molecule has 0 aliphatic heterocycles. The molecule has 5 nitrogen and oxygen atoms in total. The van der Waals surface area contributed by atoms with Crippen LogP contribution in [0.3, 0.4) is 0 Å². The summed E-state index contributed by atoms with van der Waals surface area (Å²) in [6.45, 7) is 5.46. The van der Waals surface area contributed by atoms with E-state index in [2.05, 4.69) is 13.8 Å². The average Bonchev–Trinajstić information content (AvgIpc) is 2.96. The van der Waals surface area contributed by atoms with Crippen LogP contribution in [0.1, 0.15) is 52.9 Å². The molecule has 0 heterocycles. The lowest BCUT2D eigenvalue weighted by Gasteiger charge is -2.58. The largest absolute Gasteiger partial charge is 0.458 e. The summed E-state index contributed by atoms with van der Waals surface area (Å²) < 4.78 is 4.97. The monoisotopic (exact) mass is 386 g/mol. The fraction of sp³-hybridized carbons (Fsp3) is 0.696. The predicted molar refractivity (Wildman–Crippen MR) is 103 cm³/mol. The fourth-order valence-corrected chi connectivity index (χ4v) is 7.13. The van der Waals surface area contributed by atoms with Crippen LogP contribution >= 0.6 is 0 Å². The second-order valence-electron chi connectivity index (χ2n) is 9.68. The molecular weight excluding hydrogens is 356 g/mol. The minimum absolute atomic E-state index is 0.0170. The Balaban J connectivity index is 1.62. The lowest BCUT2D eigenvalue weighted by atomic mass is 9.46. The summed E-state index contributed by atoms with van der Waals surface area (Å²) in [4.78, 5) is 35.8. The van der Waals surface area contributed by atoms with Crippen molar-refractivity contribution in [2.24, 2.45) is 34.5 Å². The molecule has 5 unspecified atom stereocenters. The van der Waals surface area contributed by atoms with Crippen LogP contribution in [-0.2, 0) is 19.1 Å². The maximum Gasteiger partial charge on any atom is 0.303 e. The van der Waals surface area contributed by atoms with Crippen LogP contribution < -0.4 is 0 Å². The molecule has 0 aromatic heterocycles. The lowest BCUT2D eigenvalue weighted by molar-refractivity contribution is -0.152. The van der Waals surface area contributed by atoms with Gasteiger partial charge in [0.25, 0.3) is 0 Å². The van der Waals surface area contributed by atoms with Gasteiger partial charge < -0.3 is 9.84 Å². The van der Waals surface area contributed by atoms with Crippen molar-refractivity contribution in [1.29, 1.82) is 0 Å². The smallest absolute Gasteiger partial charge is 0.303 e. The number of allylic oxidation sites excluding steroid dienone is 4. The Hall–Kier alpha value is -1.75. The summed E-state index contributed by atoms with van der Waals surface area (Å²) in [5, 5.41) is 11.3. The molecule has 1 N–H and O–H groups in total. The number of esters is 1. The van der Waals surface area contributed by atoms with E-state index in [9.17, 15) is 19.5 Å². The molecule has 28 heavy (non-hydrogen) atoms. The molecule has 4 aliphatic rings. The Kier molecular flexibility index (Phi) is 4.65. The third-order valence-electron chi connectivity index (χ3n) is 8.30. The zero-order valence-corrected chi connectivity index (χ0v) is 16.9. The van der Waals surface area contributed by atoms with Gasteiger partial charge in [0.2, 0.25) is 0 Å². The summed E-state index contributed by atoms with van der Waals surface area (Å²) in [6.07, 6.45) is 9.08. The summed E-state index contributed by atoms with van der Waals surface area (Å²) in [5.74, 6) is 0.208. The van der Waals surface area contributed by atoms with Crippen LogP contribution in [0, 0.1) is 34.5 Å². The first-order valence-corrected chi connectivity index (χ1v) is 10.4. The summed E-state index contributed by atoms with van der Waals surface area (Å²) in [6, 6.07) is 0. The Bertz CT molecular complexity index is 780. The van der Waals surface area contributed by atoms with Gasteiger partial charge in [-0.25, -0.2) is 0 Å². The molecule has 4 rings (SSSR count). The van der Waals surface area contributed by atoms with E-state index in [0.29, 0.717) is 18.3 Å². The number of aliphatic hydroxyl groups excluding tert-OH is 1. The summed E-state index contributed by atoms with van der Waals surface area (Å²) >= 11 is 0. The Morgan fingerprint density at radius 1 is 1.25 bits per heavy atom. The fourth-order valence-electron chi connectivity index (χ4n) is 7.13. The number of Topliss-reactive ketones (excluding diaryl/α,β-unsaturated/α-hetero) is 1. The molecule has 5 heteroatoms. The van der Waals surface area contributed by atoms with Gasteiger partial charge in [-0.2, -0.15) is 0 Å². The van der Waals surface area contributed by atoms with Crippen LogP contribution in [0.2, 0.25) is 0 Å². The van der Waals surface area contributed by atoms with Gasteiger partial charge in [-0.15, -0.1) is 0 Å². The van der Waals surface area contributed by atoms with Gasteiger partial charge in [-0.3, -0.25) is 14.4 Å². The summed E-state index contributed by atoms with van der Waals surface area (Å²) in [7, 11) is 0. The van der Waals surface area contributed by atoms with E-state index in [1.54, 1.807) is 12.2 Å². The molecule has 152 valence electrons. The number of carbonyl (C=O) groups is 3. The predicted octanol–water partition coefficient (Wildman–Crippen LogP) is 3.01. The molecule has 0 saturated heterocycles. The standard InChI is InChI=1S/C23H30O5/c1-13(24)28-12-20(27)18-7-6-17-16-5-4-14-10-15(25)8-9-22(14,2)21(16)19(26)11-23(17,18)3/h8-10,16-19,21,26H,4-7,11-12H2,1-3H3/t16?,17?,18?,19-,21+,22?,23?/m0/s1. The molecule has 0 bridgehead atoms. The second kappa shape index (κ2) is 6.65. The van der Waals surface area contributed by atoms with Crippen molar-refractivity contribution in [2.45, 2.75) is 59.0 Å². The molecular formula is C23H30O5. The van der Waals surface area contributed by atoms with Crippen LogP contribution in [-0.4, -0.2) is 35.4 Å².